The van der Waals surface area contributed by atoms with Crippen molar-refractivity contribution in [3.63, 3.8) is 0 Å². The zero-order chi connectivity index (χ0) is 18.1. The first-order valence-corrected chi connectivity index (χ1v) is 10.6. The van der Waals surface area contributed by atoms with Crippen LogP contribution in [-0.4, -0.2) is 55.0 Å². The molecule has 1 unspecified atom stereocenters. The molecule has 3 heterocycles. The van der Waals surface area contributed by atoms with Gasteiger partial charge >= 0.3 is 0 Å². The number of hydrogen-bond donors (Lipinski definition) is 0. The van der Waals surface area contributed by atoms with E-state index in [0.717, 1.165) is 25.2 Å². The second-order valence-corrected chi connectivity index (χ2v) is 8.87. The molecule has 7 heteroatoms. The Morgan fingerprint density at radius 1 is 1.08 bits per heavy atom. The number of rotatable bonds is 4. The van der Waals surface area contributed by atoms with E-state index in [1.165, 1.54) is 10.00 Å². The third-order valence-corrected chi connectivity index (χ3v) is 7.26. The Morgan fingerprint density at radius 3 is 2.69 bits per heavy atom. The number of aromatic nitrogens is 1. The monoisotopic (exact) mass is 375 g/mol. The van der Waals surface area contributed by atoms with Gasteiger partial charge in [0.25, 0.3) is 0 Å². The van der Waals surface area contributed by atoms with Crippen LogP contribution in [0.3, 0.4) is 0 Å². The van der Waals surface area contributed by atoms with Crippen LogP contribution in [0.2, 0.25) is 0 Å². The minimum absolute atomic E-state index is 0.318. The molecule has 140 valence electrons. The lowest BCUT2D eigenvalue weighted by atomic mass is 10.1. The SMILES string of the molecule is CC1c2cccn2CCN1Cc1cccc(S(=O)(=O)N2CCOCC2)c1. The molecule has 2 aliphatic heterocycles. The van der Waals surface area contributed by atoms with E-state index in [1.54, 1.807) is 6.07 Å². The Bertz CT molecular complexity index is 872. The van der Waals surface area contributed by atoms with Gasteiger partial charge in [-0.1, -0.05) is 12.1 Å². The summed E-state index contributed by atoms with van der Waals surface area (Å²) in [6.07, 6.45) is 2.12. The zero-order valence-corrected chi connectivity index (χ0v) is 15.9. The molecule has 0 amide bonds. The number of hydrogen-bond acceptors (Lipinski definition) is 4. The van der Waals surface area contributed by atoms with Crippen molar-refractivity contribution >= 4 is 10.0 Å². The maximum absolute atomic E-state index is 12.9. The normalized spacial score (nSPS) is 22.3. The van der Waals surface area contributed by atoms with Crippen molar-refractivity contribution in [3.05, 3.63) is 53.9 Å². The largest absolute Gasteiger partial charge is 0.379 e. The molecule has 1 aromatic carbocycles. The summed E-state index contributed by atoms with van der Waals surface area (Å²) in [6, 6.07) is 11.9. The van der Waals surface area contributed by atoms with E-state index in [2.05, 4.69) is 34.7 Å². The van der Waals surface area contributed by atoms with Crippen molar-refractivity contribution < 1.29 is 13.2 Å². The molecule has 0 saturated carbocycles. The molecule has 2 aliphatic rings. The van der Waals surface area contributed by atoms with Gasteiger partial charge < -0.3 is 9.30 Å². The molecule has 4 rings (SSSR count). The molecule has 1 saturated heterocycles. The molecule has 1 fully saturated rings. The fourth-order valence-corrected chi connectivity index (χ4v) is 5.30. The first-order valence-electron chi connectivity index (χ1n) is 9.11. The molecule has 26 heavy (non-hydrogen) atoms. The molecule has 1 atom stereocenters. The highest BCUT2D eigenvalue weighted by atomic mass is 32.2. The molecule has 6 nitrogen and oxygen atoms in total. The summed E-state index contributed by atoms with van der Waals surface area (Å²) in [6.45, 7) is 6.66. The van der Waals surface area contributed by atoms with E-state index in [0.29, 0.717) is 37.2 Å². The molecule has 2 aromatic rings. The van der Waals surface area contributed by atoms with Gasteiger partial charge in [-0.05, 0) is 36.8 Å². The van der Waals surface area contributed by atoms with Crippen LogP contribution in [0.15, 0.2) is 47.5 Å². The van der Waals surface area contributed by atoms with Gasteiger partial charge in [0.1, 0.15) is 0 Å². The van der Waals surface area contributed by atoms with Crippen LogP contribution in [0, 0.1) is 0 Å². The van der Waals surface area contributed by atoms with Gasteiger partial charge in [-0.15, -0.1) is 0 Å². The molecule has 0 N–H and O–H groups in total. The number of fused-ring (bicyclic) bond motifs is 1. The van der Waals surface area contributed by atoms with Gasteiger partial charge in [0.05, 0.1) is 18.1 Å². The molecule has 0 aliphatic carbocycles. The van der Waals surface area contributed by atoms with E-state index < -0.39 is 10.0 Å². The second-order valence-electron chi connectivity index (χ2n) is 6.94. The number of ether oxygens (including phenoxy) is 1. The standard InChI is InChI=1S/C19H25N3O3S/c1-16-19-6-3-7-20(19)8-9-21(16)15-17-4-2-5-18(14-17)26(23,24)22-10-12-25-13-11-22/h2-7,14,16H,8-13,15H2,1H3. The fraction of sp³-hybridized carbons (Fsp3) is 0.474. The molecular formula is C19H25N3O3S. The van der Waals surface area contributed by atoms with Crippen molar-refractivity contribution in [1.29, 1.82) is 0 Å². The van der Waals surface area contributed by atoms with Gasteiger partial charge in [0.2, 0.25) is 10.0 Å². The smallest absolute Gasteiger partial charge is 0.243 e. The topological polar surface area (TPSA) is 54.8 Å². The summed E-state index contributed by atoms with van der Waals surface area (Å²) in [4.78, 5) is 2.78. The van der Waals surface area contributed by atoms with Gasteiger partial charge in [0.15, 0.2) is 0 Å². The molecule has 0 spiro atoms. The van der Waals surface area contributed by atoms with Crippen molar-refractivity contribution in [2.24, 2.45) is 0 Å². The summed E-state index contributed by atoms with van der Waals surface area (Å²) in [5.74, 6) is 0. The van der Waals surface area contributed by atoms with Crippen molar-refractivity contribution in [3.8, 4) is 0 Å². The third kappa shape index (κ3) is 3.32. The van der Waals surface area contributed by atoms with E-state index >= 15 is 0 Å². The average Bonchev–Trinajstić information content (AvgIpc) is 3.15. The summed E-state index contributed by atoms with van der Waals surface area (Å²) in [7, 11) is -3.45. The maximum Gasteiger partial charge on any atom is 0.243 e. The first-order chi connectivity index (χ1) is 12.6. The Kier molecular flexibility index (Phi) is 4.88. The van der Waals surface area contributed by atoms with Crippen LogP contribution in [0.25, 0.3) is 0 Å². The van der Waals surface area contributed by atoms with Crippen LogP contribution in [0.4, 0.5) is 0 Å². The molecule has 0 radical (unpaired) electrons. The summed E-state index contributed by atoms with van der Waals surface area (Å²) in [5.41, 5.74) is 2.35. The Hall–Kier alpha value is -1.67. The van der Waals surface area contributed by atoms with Gasteiger partial charge in [-0.3, -0.25) is 4.90 Å². The fourth-order valence-electron chi connectivity index (χ4n) is 3.82. The quantitative estimate of drug-likeness (QED) is 0.821. The van der Waals surface area contributed by atoms with E-state index in [1.807, 2.05) is 18.2 Å². The molecular weight excluding hydrogens is 350 g/mol. The minimum Gasteiger partial charge on any atom is -0.379 e. The second kappa shape index (κ2) is 7.15. The van der Waals surface area contributed by atoms with Crippen molar-refractivity contribution in [2.75, 3.05) is 32.8 Å². The Labute approximate surface area is 155 Å². The maximum atomic E-state index is 12.9. The van der Waals surface area contributed by atoms with Gasteiger partial charge in [-0.25, -0.2) is 8.42 Å². The number of morpholine rings is 1. The summed E-state index contributed by atoms with van der Waals surface area (Å²) < 4.78 is 34.8. The molecule has 0 bridgehead atoms. The predicted octanol–water partition coefficient (Wildman–Crippen LogP) is 2.09. The Morgan fingerprint density at radius 2 is 1.88 bits per heavy atom. The van der Waals surface area contributed by atoms with Crippen LogP contribution < -0.4 is 0 Å². The number of nitrogens with zero attached hydrogens (tertiary/aromatic N) is 3. The van der Waals surface area contributed by atoms with Crippen LogP contribution in [0.1, 0.15) is 24.2 Å². The minimum atomic E-state index is -3.45. The van der Waals surface area contributed by atoms with Gasteiger partial charge in [-0.2, -0.15) is 4.31 Å². The van der Waals surface area contributed by atoms with Gasteiger partial charge in [0, 0.05) is 50.7 Å². The lowest BCUT2D eigenvalue weighted by Gasteiger charge is -2.35. The van der Waals surface area contributed by atoms with E-state index in [4.69, 9.17) is 4.74 Å². The Balaban J connectivity index is 1.53. The highest BCUT2D eigenvalue weighted by molar-refractivity contribution is 7.89. The number of benzene rings is 1. The highest BCUT2D eigenvalue weighted by Gasteiger charge is 2.27. The highest BCUT2D eigenvalue weighted by Crippen LogP contribution is 2.27. The molecule has 1 aromatic heterocycles. The predicted molar refractivity (Wildman–Crippen MR) is 99.3 cm³/mol. The van der Waals surface area contributed by atoms with Crippen molar-refractivity contribution in [1.82, 2.24) is 13.8 Å². The van der Waals surface area contributed by atoms with Crippen LogP contribution in [-0.2, 0) is 27.8 Å². The first kappa shape index (κ1) is 17.7. The lowest BCUT2D eigenvalue weighted by molar-refractivity contribution is 0.0730. The van der Waals surface area contributed by atoms with Crippen LogP contribution in [0.5, 0.6) is 0 Å². The van der Waals surface area contributed by atoms with Crippen molar-refractivity contribution in [2.45, 2.75) is 31.0 Å². The lowest BCUT2D eigenvalue weighted by Crippen LogP contribution is -2.40. The third-order valence-electron chi connectivity index (χ3n) is 5.36. The zero-order valence-electron chi connectivity index (χ0n) is 15.0. The van der Waals surface area contributed by atoms with E-state index in [-0.39, 0.29) is 0 Å². The van der Waals surface area contributed by atoms with Crippen LogP contribution >= 0.6 is 0 Å². The number of sulfonamides is 1. The average molecular weight is 375 g/mol. The summed E-state index contributed by atoms with van der Waals surface area (Å²) >= 11 is 0. The van der Waals surface area contributed by atoms with E-state index in [9.17, 15) is 8.42 Å². The summed E-state index contributed by atoms with van der Waals surface area (Å²) in [5, 5.41) is 0.